The normalized spacial score (nSPS) is 16.0. The van der Waals surface area contributed by atoms with E-state index in [1.165, 1.54) is 33.9 Å². The summed E-state index contributed by atoms with van der Waals surface area (Å²) in [6.07, 6.45) is 5.68. The lowest BCUT2D eigenvalue weighted by molar-refractivity contribution is -0.725. The molecule has 0 bridgehead atoms. The van der Waals surface area contributed by atoms with Gasteiger partial charge in [0.2, 0.25) is 5.69 Å². The average Bonchev–Trinajstić information content (AvgIpc) is 2.89. The molecule has 0 fully saturated rings. The highest BCUT2D eigenvalue weighted by molar-refractivity contribution is 5.80. The van der Waals surface area contributed by atoms with Crippen LogP contribution in [0.4, 0.5) is 17.1 Å². The Morgan fingerprint density at radius 1 is 0.697 bits per heavy atom. The number of aromatic nitrogens is 1. The van der Waals surface area contributed by atoms with Gasteiger partial charge in [0.05, 0.1) is 11.0 Å². The first kappa shape index (κ1) is 21.5. The van der Waals surface area contributed by atoms with E-state index in [0.717, 1.165) is 19.3 Å². The van der Waals surface area contributed by atoms with Gasteiger partial charge < -0.3 is 4.90 Å². The van der Waals surface area contributed by atoms with Gasteiger partial charge in [0.25, 0.3) is 0 Å². The highest BCUT2D eigenvalue weighted by atomic mass is 15.1. The van der Waals surface area contributed by atoms with Crippen LogP contribution in [0.25, 0.3) is 11.3 Å². The zero-order valence-corrected chi connectivity index (χ0v) is 19.9. The SMILES string of the molecule is CCC1[n+]2ccccc2-c2cc(N(c3ccccc3)c3ccccc3)ccc2C1(CC)CC. The van der Waals surface area contributed by atoms with Crippen molar-refractivity contribution in [2.24, 2.45) is 0 Å². The predicted molar refractivity (Wildman–Crippen MR) is 138 cm³/mol. The lowest BCUT2D eigenvalue weighted by Crippen LogP contribution is -2.55. The van der Waals surface area contributed by atoms with E-state index in [0.29, 0.717) is 6.04 Å². The number of hydrogen-bond donors (Lipinski definition) is 0. The molecule has 3 aromatic carbocycles. The van der Waals surface area contributed by atoms with Crippen molar-refractivity contribution < 1.29 is 4.57 Å². The van der Waals surface area contributed by atoms with Gasteiger partial charge in [-0.1, -0.05) is 63.2 Å². The number of rotatable bonds is 6. The van der Waals surface area contributed by atoms with Gasteiger partial charge in [-0.15, -0.1) is 0 Å². The summed E-state index contributed by atoms with van der Waals surface area (Å²) in [5, 5.41) is 0. The van der Waals surface area contributed by atoms with Gasteiger partial charge in [0.1, 0.15) is 0 Å². The quantitative estimate of drug-likeness (QED) is 0.278. The number of fused-ring (bicyclic) bond motifs is 3. The number of benzene rings is 3. The highest BCUT2D eigenvalue weighted by Crippen LogP contribution is 2.50. The Morgan fingerprint density at radius 2 is 1.30 bits per heavy atom. The van der Waals surface area contributed by atoms with Crippen LogP contribution in [-0.4, -0.2) is 0 Å². The second kappa shape index (κ2) is 8.86. The maximum Gasteiger partial charge on any atom is 0.213 e. The van der Waals surface area contributed by atoms with Crippen molar-refractivity contribution in [3.63, 3.8) is 0 Å². The van der Waals surface area contributed by atoms with Crippen LogP contribution in [0.3, 0.4) is 0 Å². The molecule has 0 saturated heterocycles. The van der Waals surface area contributed by atoms with Gasteiger partial charge in [0.15, 0.2) is 12.2 Å². The molecule has 166 valence electrons. The van der Waals surface area contributed by atoms with Gasteiger partial charge in [-0.3, -0.25) is 0 Å². The smallest absolute Gasteiger partial charge is 0.213 e. The van der Waals surface area contributed by atoms with Crippen molar-refractivity contribution in [1.29, 1.82) is 0 Å². The molecule has 1 aliphatic rings. The molecule has 4 aromatic rings. The summed E-state index contributed by atoms with van der Waals surface area (Å²) in [6, 6.07) is 35.6. The molecule has 1 unspecified atom stereocenters. The summed E-state index contributed by atoms with van der Waals surface area (Å²) in [6.45, 7) is 7.05. The molecule has 0 radical (unpaired) electrons. The topological polar surface area (TPSA) is 7.12 Å². The fraction of sp³-hybridized carbons (Fsp3) is 0.258. The van der Waals surface area contributed by atoms with E-state index in [2.05, 4.69) is 133 Å². The van der Waals surface area contributed by atoms with Crippen LogP contribution >= 0.6 is 0 Å². The van der Waals surface area contributed by atoms with Crippen molar-refractivity contribution in [3.8, 4) is 11.3 Å². The van der Waals surface area contributed by atoms with Crippen molar-refractivity contribution >= 4 is 17.1 Å². The van der Waals surface area contributed by atoms with Gasteiger partial charge in [0, 0.05) is 35.6 Å². The number of hydrogen-bond acceptors (Lipinski definition) is 1. The predicted octanol–water partition coefficient (Wildman–Crippen LogP) is 8.13. The molecule has 33 heavy (non-hydrogen) atoms. The molecule has 2 nitrogen and oxygen atoms in total. The van der Waals surface area contributed by atoms with Gasteiger partial charge in [-0.2, -0.15) is 4.57 Å². The van der Waals surface area contributed by atoms with E-state index in [9.17, 15) is 0 Å². The third kappa shape index (κ3) is 3.45. The van der Waals surface area contributed by atoms with E-state index in [-0.39, 0.29) is 5.41 Å². The molecule has 0 spiro atoms. The van der Waals surface area contributed by atoms with Crippen LogP contribution in [0.5, 0.6) is 0 Å². The van der Waals surface area contributed by atoms with Gasteiger partial charge in [-0.05, 0) is 60.9 Å². The highest BCUT2D eigenvalue weighted by Gasteiger charge is 2.49. The van der Waals surface area contributed by atoms with E-state index in [1.54, 1.807) is 0 Å². The molecule has 2 heteroatoms. The first-order valence-corrected chi connectivity index (χ1v) is 12.3. The number of anilines is 3. The summed E-state index contributed by atoms with van der Waals surface area (Å²) in [7, 11) is 0. The first-order valence-electron chi connectivity index (χ1n) is 12.3. The molecule has 0 saturated carbocycles. The molecular weight excluding hydrogens is 400 g/mol. The maximum atomic E-state index is 2.54. The molecule has 1 aliphatic heterocycles. The third-order valence-corrected chi connectivity index (χ3v) is 7.61. The Hall–Kier alpha value is -3.39. The molecule has 2 heterocycles. The Labute approximate surface area is 198 Å². The Morgan fingerprint density at radius 3 is 1.88 bits per heavy atom. The zero-order valence-electron chi connectivity index (χ0n) is 19.9. The van der Waals surface area contributed by atoms with Crippen molar-refractivity contribution in [1.82, 2.24) is 0 Å². The van der Waals surface area contributed by atoms with Crippen LogP contribution in [0.1, 0.15) is 51.6 Å². The number of para-hydroxylation sites is 2. The minimum absolute atomic E-state index is 0.145. The van der Waals surface area contributed by atoms with Crippen LogP contribution in [0, 0.1) is 0 Å². The molecule has 1 aromatic heterocycles. The zero-order chi connectivity index (χ0) is 22.8. The van der Waals surface area contributed by atoms with E-state index in [1.807, 2.05) is 0 Å². The first-order chi connectivity index (χ1) is 16.2. The van der Waals surface area contributed by atoms with E-state index in [4.69, 9.17) is 0 Å². The van der Waals surface area contributed by atoms with Gasteiger partial charge >= 0.3 is 0 Å². The minimum Gasteiger partial charge on any atom is -0.310 e. The molecule has 5 rings (SSSR count). The number of nitrogens with zero attached hydrogens (tertiary/aromatic N) is 2. The van der Waals surface area contributed by atoms with Crippen LogP contribution in [-0.2, 0) is 5.41 Å². The largest absolute Gasteiger partial charge is 0.310 e. The van der Waals surface area contributed by atoms with Crippen LogP contribution in [0.15, 0.2) is 103 Å². The van der Waals surface area contributed by atoms with Crippen LogP contribution < -0.4 is 9.47 Å². The summed E-state index contributed by atoms with van der Waals surface area (Å²) in [5.41, 5.74) is 7.85. The summed E-state index contributed by atoms with van der Waals surface area (Å²) >= 11 is 0. The maximum absolute atomic E-state index is 2.54. The molecule has 0 N–H and O–H groups in total. The van der Waals surface area contributed by atoms with Gasteiger partial charge in [-0.25, -0.2) is 0 Å². The fourth-order valence-corrected chi connectivity index (χ4v) is 6.01. The monoisotopic (exact) mass is 433 g/mol. The second-order valence-electron chi connectivity index (χ2n) is 9.02. The Kier molecular flexibility index (Phi) is 5.76. The van der Waals surface area contributed by atoms with Crippen LogP contribution in [0.2, 0.25) is 0 Å². The number of pyridine rings is 1. The molecule has 1 atom stereocenters. The van der Waals surface area contributed by atoms with Crippen molar-refractivity contribution in [2.45, 2.75) is 51.5 Å². The summed E-state index contributed by atoms with van der Waals surface area (Å²) < 4.78 is 2.54. The lowest BCUT2D eigenvalue weighted by Gasteiger charge is -2.41. The Balaban J connectivity index is 1.75. The summed E-state index contributed by atoms with van der Waals surface area (Å²) in [5.74, 6) is 0. The third-order valence-electron chi connectivity index (χ3n) is 7.61. The average molecular weight is 434 g/mol. The standard InChI is InChI=1S/C31H33N2/c1-4-30-31(5-2,6-3)28-21-20-26(23-27(28)29-19-13-14-22-32(29)30)33(24-15-9-7-10-16-24)25-17-11-8-12-18-25/h7-23,30H,4-6H2,1-3H3/q+1. The minimum atomic E-state index is 0.145. The lowest BCUT2D eigenvalue weighted by atomic mass is 9.65. The fourth-order valence-electron chi connectivity index (χ4n) is 6.01. The summed E-state index contributed by atoms with van der Waals surface area (Å²) in [4.78, 5) is 2.36. The second-order valence-corrected chi connectivity index (χ2v) is 9.02. The molecule has 0 aliphatic carbocycles. The van der Waals surface area contributed by atoms with E-state index >= 15 is 0 Å². The molecular formula is C31H33N2+. The van der Waals surface area contributed by atoms with E-state index < -0.39 is 0 Å². The Bertz CT molecular complexity index is 1190. The van der Waals surface area contributed by atoms with Crippen molar-refractivity contribution in [2.75, 3.05) is 4.90 Å². The molecule has 0 amide bonds. The van der Waals surface area contributed by atoms with Crippen molar-refractivity contribution in [3.05, 3.63) is 109 Å².